The standard InChI is InChI=1S/C14H14Cl3N7O/c15-6-2-1-5(7(16)3-6)4-21-14(20)24-13-9(25-13)8-11(18)23-12(19)10(17)22-8/h1-3,9,13H,4H2,(H4,18,19,23)(H3,20,21,24). The third kappa shape index (κ3) is 4.16. The van der Waals surface area contributed by atoms with E-state index in [1.54, 1.807) is 18.2 Å². The third-order valence-corrected chi connectivity index (χ3v) is 4.28. The Morgan fingerprint density at radius 1 is 1.20 bits per heavy atom. The number of aromatic nitrogens is 2. The van der Waals surface area contributed by atoms with E-state index in [9.17, 15) is 0 Å². The van der Waals surface area contributed by atoms with Gasteiger partial charge in [0.1, 0.15) is 5.69 Å². The molecule has 2 aromatic rings. The van der Waals surface area contributed by atoms with Gasteiger partial charge in [-0.2, -0.15) is 0 Å². The van der Waals surface area contributed by atoms with Crippen LogP contribution >= 0.6 is 34.8 Å². The summed E-state index contributed by atoms with van der Waals surface area (Å²) in [6.07, 6.45) is -0.991. The highest BCUT2D eigenvalue weighted by atomic mass is 35.5. The molecule has 2 atom stereocenters. The molecule has 0 bridgehead atoms. The summed E-state index contributed by atoms with van der Waals surface area (Å²) in [6.45, 7) is 0.387. The normalized spacial score (nSPS) is 19.7. The predicted octanol–water partition coefficient (Wildman–Crippen LogP) is 2.10. The van der Waals surface area contributed by atoms with Crippen molar-refractivity contribution in [2.45, 2.75) is 18.9 Å². The van der Waals surface area contributed by atoms with E-state index in [0.29, 0.717) is 22.3 Å². The van der Waals surface area contributed by atoms with Crippen LogP contribution in [0.3, 0.4) is 0 Å². The molecule has 7 N–H and O–H groups in total. The van der Waals surface area contributed by atoms with Gasteiger partial charge in [-0.05, 0) is 17.7 Å². The lowest BCUT2D eigenvalue weighted by Crippen LogP contribution is -2.31. The minimum atomic E-state index is -0.524. The second-order valence-corrected chi connectivity index (χ2v) is 6.42. The van der Waals surface area contributed by atoms with Crippen molar-refractivity contribution >= 4 is 52.4 Å². The van der Waals surface area contributed by atoms with E-state index < -0.39 is 12.3 Å². The number of rotatable bonds is 4. The largest absolute Gasteiger partial charge is 0.382 e. The lowest BCUT2D eigenvalue weighted by molar-refractivity contribution is 0.375. The van der Waals surface area contributed by atoms with Crippen LogP contribution in [0.5, 0.6) is 0 Å². The van der Waals surface area contributed by atoms with Crippen LogP contribution in [0.15, 0.2) is 23.2 Å². The van der Waals surface area contributed by atoms with E-state index in [4.69, 9.17) is 56.7 Å². The maximum atomic E-state index is 6.10. The fourth-order valence-electron chi connectivity index (χ4n) is 2.10. The summed E-state index contributed by atoms with van der Waals surface area (Å²) < 4.78 is 5.41. The molecule has 11 heteroatoms. The Morgan fingerprint density at radius 3 is 2.68 bits per heavy atom. The van der Waals surface area contributed by atoms with Gasteiger partial charge < -0.3 is 27.3 Å². The van der Waals surface area contributed by atoms with Crippen LogP contribution in [-0.2, 0) is 11.3 Å². The highest BCUT2D eigenvalue weighted by Crippen LogP contribution is 2.41. The fraction of sp³-hybridized carbons (Fsp3) is 0.214. The maximum Gasteiger partial charge on any atom is 0.191 e. The molecule has 1 aliphatic heterocycles. The second-order valence-electron chi connectivity index (χ2n) is 5.22. The van der Waals surface area contributed by atoms with Gasteiger partial charge in [0.2, 0.25) is 0 Å². The molecule has 8 nitrogen and oxygen atoms in total. The van der Waals surface area contributed by atoms with Crippen molar-refractivity contribution in [2.75, 3.05) is 11.5 Å². The predicted molar refractivity (Wildman–Crippen MR) is 98.4 cm³/mol. The molecule has 0 saturated carbocycles. The Labute approximate surface area is 158 Å². The highest BCUT2D eigenvalue weighted by molar-refractivity contribution is 6.35. The summed E-state index contributed by atoms with van der Waals surface area (Å²) in [6, 6.07) is 5.19. The summed E-state index contributed by atoms with van der Waals surface area (Å²) in [4.78, 5) is 12.2. The summed E-state index contributed by atoms with van der Waals surface area (Å²) >= 11 is 17.8. The first-order valence-corrected chi connectivity index (χ1v) is 8.23. The van der Waals surface area contributed by atoms with Crippen molar-refractivity contribution in [3.63, 3.8) is 0 Å². The Morgan fingerprint density at radius 2 is 1.96 bits per heavy atom. The molecule has 25 heavy (non-hydrogen) atoms. The number of hydrogen-bond donors (Lipinski definition) is 4. The van der Waals surface area contributed by atoms with E-state index in [1.807, 2.05) is 0 Å². The van der Waals surface area contributed by atoms with Crippen molar-refractivity contribution in [3.8, 4) is 0 Å². The Balaban J connectivity index is 1.62. The lowest BCUT2D eigenvalue weighted by atomic mass is 10.2. The molecule has 2 heterocycles. The third-order valence-electron chi connectivity index (χ3n) is 3.41. The van der Waals surface area contributed by atoms with Crippen LogP contribution in [0.2, 0.25) is 15.2 Å². The number of ether oxygens (including phenoxy) is 1. The first-order chi connectivity index (χ1) is 11.8. The van der Waals surface area contributed by atoms with Gasteiger partial charge in [0, 0.05) is 16.6 Å². The molecule has 2 unspecified atom stereocenters. The minimum absolute atomic E-state index is 0.0599. The number of nitrogen functional groups attached to an aromatic ring is 2. The van der Waals surface area contributed by atoms with Crippen LogP contribution in [0, 0.1) is 0 Å². The molecule has 1 aliphatic rings. The topological polar surface area (TPSA) is 141 Å². The van der Waals surface area contributed by atoms with Gasteiger partial charge in [-0.3, -0.25) is 0 Å². The second kappa shape index (κ2) is 7.09. The molecule has 1 aromatic heterocycles. The monoisotopic (exact) mass is 401 g/mol. The number of hydrogen-bond acceptors (Lipinski definition) is 6. The maximum absolute atomic E-state index is 6.10. The van der Waals surface area contributed by atoms with E-state index in [0.717, 1.165) is 5.56 Å². The van der Waals surface area contributed by atoms with Gasteiger partial charge in [-0.15, -0.1) is 0 Å². The van der Waals surface area contributed by atoms with Gasteiger partial charge in [0.25, 0.3) is 0 Å². The summed E-state index contributed by atoms with van der Waals surface area (Å²) in [5.74, 6) is 0.389. The van der Waals surface area contributed by atoms with Crippen molar-refractivity contribution in [1.82, 2.24) is 15.3 Å². The van der Waals surface area contributed by atoms with E-state index in [1.165, 1.54) is 0 Å². The van der Waals surface area contributed by atoms with Gasteiger partial charge in [0.15, 0.2) is 35.1 Å². The quantitative estimate of drug-likeness (QED) is 0.348. The van der Waals surface area contributed by atoms with Gasteiger partial charge in [-0.1, -0.05) is 40.9 Å². The van der Waals surface area contributed by atoms with E-state index in [2.05, 4.69) is 20.3 Å². The molecule has 1 saturated heterocycles. The summed E-state index contributed by atoms with van der Waals surface area (Å²) in [7, 11) is 0. The molecule has 0 amide bonds. The molecule has 1 fully saturated rings. The number of guanidine groups is 1. The molecule has 0 radical (unpaired) electrons. The van der Waals surface area contributed by atoms with Crippen LogP contribution in [-0.4, -0.2) is 22.2 Å². The zero-order valence-corrected chi connectivity index (χ0v) is 15.0. The molecular formula is C14H14Cl3N7O. The number of anilines is 2. The highest BCUT2D eigenvalue weighted by Gasteiger charge is 2.44. The molecule has 3 rings (SSSR count). The van der Waals surface area contributed by atoms with Crippen LogP contribution in [0.1, 0.15) is 17.4 Å². The number of nitrogens with one attached hydrogen (secondary N) is 1. The smallest absolute Gasteiger partial charge is 0.191 e. The van der Waals surface area contributed by atoms with Crippen molar-refractivity contribution in [3.05, 3.63) is 44.7 Å². The first kappa shape index (κ1) is 17.8. The van der Waals surface area contributed by atoms with Gasteiger partial charge in [0.05, 0.1) is 0 Å². The number of nitrogens with zero attached hydrogens (tertiary/aromatic N) is 3. The summed E-state index contributed by atoms with van der Waals surface area (Å²) in [5.41, 5.74) is 18.4. The number of nitrogens with two attached hydrogens (primary N) is 3. The minimum Gasteiger partial charge on any atom is -0.382 e. The van der Waals surface area contributed by atoms with Gasteiger partial charge >= 0.3 is 0 Å². The van der Waals surface area contributed by atoms with Crippen molar-refractivity contribution < 1.29 is 4.74 Å². The SMILES string of the molecule is N/C(=N\C1OC1c1nc(Cl)c(N)nc1N)NCc1ccc(Cl)cc1Cl. The van der Waals surface area contributed by atoms with Crippen molar-refractivity contribution in [1.29, 1.82) is 0 Å². The van der Waals surface area contributed by atoms with Crippen molar-refractivity contribution in [2.24, 2.45) is 10.7 Å². The van der Waals surface area contributed by atoms with Gasteiger partial charge in [-0.25, -0.2) is 15.0 Å². The van der Waals surface area contributed by atoms with E-state index >= 15 is 0 Å². The molecule has 1 aromatic carbocycles. The average molecular weight is 403 g/mol. The van der Waals surface area contributed by atoms with Crippen LogP contribution in [0.25, 0.3) is 0 Å². The molecule has 0 spiro atoms. The molecule has 132 valence electrons. The van der Waals surface area contributed by atoms with E-state index in [-0.39, 0.29) is 22.7 Å². The summed E-state index contributed by atoms with van der Waals surface area (Å²) in [5, 5.41) is 4.10. The van der Waals surface area contributed by atoms with Crippen LogP contribution < -0.4 is 22.5 Å². The fourth-order valence-corrected chi connectivity index (χ4v) is 2.71. The Hall–Kier alpha value is -2.00. The number of benzene rings is 1. The Bertz CT molecular complexity index is 845. The molecular weight excluding hydrogens is 389 g/mol. The number of aliphatic imine (C=N–C) groups is 1. The number of epoxide rings is 1. The zero-order valence-electron chi connectivity index (χ0n) is 12.7. The first-order valence-electron chi connectivity index (χ1n) is 7.10. The zero-order chi connectivity index (χ0) is 18.1. The molecule has 0 aliphatic carbocycles. The Kier molecular flexibility index (Phi) is 5.05. The lowest BCUT2D eigenvalue weighted by Gasteiger charge is -2.07. The number of halogens is 3. The average Bonchev–Trinajstić information content (AvgIpc) is 3.29. The van der Waals surface area contributed by atoms with Crippen LogP contribution in [0.4, 0.5) is 11.6 Å².